The largest absolute Gasteiger partial charge is 0.262 e. The minimum absolute atomic E-state index is 0.836. The molecule has 17 heavy (non-hydrogen) atoms. The van der Waals surface area contributed by atoms with Crippen LogP contribution in [-0.2, 0) is 12.2 Å². The van der Waals surface area contributed by atoms with E-state index in [4.69, 9.17) is 0 Å². The van der Waals surface area contributed by atoms with Crippen LogP contribution in [0.2, 0.25) is 0 Å². The van der Waals surface area contributed by atoms with Crippen LogP contribution in [0.15, 0.2) is 23.4 Å². The van der Waals surface area contributed by atoms with Gasteiger partial charge in [0.25, 0.3) is 0 Å². The molecule has 2 aromatic rings. The Labute approximate surface area is 106 Å². The topological polar surface area (TPSA) is 41.6 Å². The molecule has 1 aromatic heterocycles. The molecule has 0 aliphatic carbocycles. The van der Waals surface area contributed by atoms with Gasteiger partial charge < -0.3 is 0 Å². The maximum atomic E-state index is 4.39. The number of hydrogen-bond donors (Lipinski definition) is 1. The molecule has 0 aliphatic rings. The summed E-state index contributed by atoms with van der Waals surface area (Å²) < 4.78 is 0. The van der Waals surface area contributed by atoms with Crippen LogP contribution in [0.5, 0.6) is 0 Å². The summed E-state index contributed by atoms with van der Waals surface area (Å²) in [5, 5.41) is 7.95. The van der Waals surface area contributed by atoms with Gasteiger partial charge in [0.2, 0.25) is 5.16 Å². The average molecular weight is 247 g/mol. The van der Waals surface area contributed by atoms with Crippen LogP contribution >= 0.6 is 11.8 Å². The Bertz CT molecular complexity index is 505. The number of hydrogen-bond acceptors (Lipinski definition) is 3. The Balaban J connectivity index is 2.04. The number of aryl methyl sites for hydroxylation is 3. The van der Waals surface area contributed by atoms with Crippen LogP contribution in [0.4, 0.5) is 0 Å². The van der Waals surface area contributed by atoms with Crippen LogP contribution in [0, 0.1) is 13.8 Å². The predicted molar refractivity (Wildman–Crippen MR) is 71.2 cm³/mol. The van der Waals surface area contributed by atoms with E-state index in [1.54, 1.807) is 11.8 Å². The monoisotopic (exact) mass is 247 g/mol. The van der Waals surface area contributed by atoms with Gasteiger partial charge in [-0.15, -0.1) is 5.10 Å². The van der Waals surface area contributed by atoms with E-state index >= 15 is 0 Å². The summed E-state index contributed by atoms with van der Waals surface area (Å²) in [5.74, 6) is 1.88. The Morgan fingerprint density at radius 3 is 2.82 bits per heavy atom. The normalized spacial score (nSPS) is 10.8. The van der Waals surface area contributed by atoms with E-state index in [1.807, 2.05) is 0 Å². The van der Waals surface area contributed by atoms with E-state index in [1.165, 1.54) is 16.7 Å². The lowest BCUT2D eigenvalue weighted by Gasteiger charge is -2.04. The molecular weight excluding hydrogens is 230 g/mol. The highest BCUT2D eigenvalue weighted by Crippen LogP contribution is 2.22. The molecule has 0 amide bonds. The van der Waals surface area contributed by atoms with Crippen molar-refractivity contribution in [3.05, 3.63) is 40.7 Å². The van der Waals surface area contributed by atoms with Gasteiger partial charge in [-0.2, -0.15) is 0 Å². The van der Waals surface area contributed by atoms with Gasteiger partial charge in [-0.3, -0.25) is 5.10 Å². The summed E-state index contributed by atoms with van der Waals surface area (Å²) in [7, 11) is 0. The van der Waals surface area contributed by atoms with Gasteiger partial charge in [0.05, 0.1) is 0 Å². The zero-order valence-corrected chi connectivity index (χ0v) is 11.3. The Morgan fingerprint density at radius 1 is 1.29 bits per heavy atom. The van der Waals surface area contributed by atoms with Crippen molar-refractivity contribution in [3.63, 3.8) is 0 Å². The molecule has 1 heterocycles. The van der Waals surface area contributed by atoms with Crippen molar-refractivity contribution < 1.29 is 0 Å². The number of nitrogens with zero attached hydrogens (tertiary/aromatic N) is 2. The van der Waals surface area contributed by atoms with Gasteiger partial charge in [-0.05, 0) is 25.0 Å². The molecule has 4 heteroatoms. The third-order valence-corrected chi connectivity index (χ3v) is 3.60. The molecule has 90 valence electrons. The van der Waals surface area contributed by atoms with Crippen molar-refractivity contribution in [1.29, 1.82) is 0 Å². The number of nitrogens with one attached hydrogen (secondary N) is 1. The summed E-state index contributed by atoms with van der Waals surface area (Å²) in [6, 6.07) is 6.54. The van der Waals surface area contributed by atoms with Gasteiger partial charge >= 0.3 is 0 Å². The van der Waals surface area contributed by atoms with Crippen LogP contribution in [0.1, 0.15) is 29.4 Å². The predicted octanol–water partition coefficient (Wildman–Crippen LogP) is 3.28. The molecule has 0 radical (unpaired) electrons. The Kier molecular flexibility index (Phi) is 3.84. The SMILES string of the molecule is CCc1nc(SCc2cc(C)ccc2C)n[nH]1. The minimum atomic E-state index is 0.836. The zero-order valence-electron chi connectivity index (χ0n) is 10.4. The standard InChI is InChI=1S/C13H17N3S/c1-4-12-14-13(16-15-12)17-8-11-7-9(2)5-6-10(11)3/h5-7H,4,8H2,1-3H3,(H,14,15,16). The van der Waals surface area contributed by atoms with Gasteiger partial charge in [0, 0.05) is 12.2 Å². The van der Waals surface area contributed by atoms with E-state index in [0.29, 0.717) is 0 Å². The molecule has 0 saturated heterocycles. The highest BCUT2D eigenvalue weighted by atomic mass is 32.2. The lowest BCUT2D eigenvalue weighted by Crippen LogP contribution is -1.88. The van der Waals surface area contributed by atoms with Crippen molar-refractivity contribution in [2.24, 2.45) is 0 Å². The highest BCUT2D eigenvalue weighted by molar-refractivity contribution is 7.98. The Morgan fingerprint density at radius 2 is 2.12 bits per heavy atom. The first-order valence-corrected chi connectivity index (χ1v) is 6.78. The molecular formula is C13H17N3S. The average Bonchev–Trinajstić information content (AvgIpc) is 2.78. The van der Waals surface area contributed by atoms with Crippen molar-refractivity contribution >= 4 is 11.8 Å². The van der Waals surface area contributed by atoms with Crippen LogP contribution in [-0.4, -0.2) is 15.2 Å². The second-order valence-corrected chi connectivity index (χ2v) is 5.08. The molecule has 1 aromatic carbocycles. The van der Waals surface area contributed by atoms with Gasteiger partial charge in [0.1, 0.15) is 5.82 Å². The second-order valence-electron chi connectivity index (χ2n) is 4.14. The fraction of sp³-hybridized carbons (Fsp3) is 0.385. The molecule has 0 fully saturated rings. The molecule has 3 nitrogen and oxygen atoms in total. The van der Waals surface area contributed by atoms with E-state index in [2.05, 4.69) is 54.2 Å². The number of benzene rings is 1. The number of H-pyrrole nitrogens is 1. The highest BCUT2D eigenvalue weighted by Gasteiger charge is 2.04. The number of aromatic nitrogens is 3. The molecule has 0 atom stereocenters. The van der Waals surface area contributed by atoms with Crippen LogP contribution < -0.4 is 0 Å². The van der Waals surface area contributed by atoms with E-state index < -0.39 is 0 Å². The summed E-state index contributed by atoms with van der Waals surface area (Å²) in [6.07, 6.45) is 0.900. The fourth-order valence-electron chi connectivity index (χ4n) is 1.60. The van der Waals surface area contributed by atoms with Crippen LogP contribution in [0.3, 0.4) is 0 Å². The summed E-state index contributed by atoms with van der Waals surface area (Å²) in [4.78, 5) is 4.39. The first-order chi connectivity index (χ1) is 8.19. The van der Waals surface area contributed by atoms with Crippen LogP contribution in [0.25, 0.3) is 0 Å². The quantitative estimate of drug-likeness (QED) is 0.843. The molecule has 0 bridgehead atoms. The smallest absolute Gasteiger partial charge is 0.208 e. The summed E-state index contributed by atoms with van der Waals surface area (Å²) in [6.45, 7) is 6.33. The van der Waals surface area contributed by atoms with Crippen molar-refractivity contribution in [2.75, 3.05) is 0 Å². The molecule has 0 saturated carbocycles. The van der Waals surface area contributed by atoms with Crippen molar-refractivity contribution in [3.8, 4) is 0 Å². The third-order valence-electron chi connectivity index (χ3n) is 2.71. The lowest BCUT2D eigenvalue weighted by atomic mass is 10.1. The molecule has 0 unspecified atom stereocenters. The van der Waals surface area contributed by atoms with Gasteiger partial charge in [-0.25, -0.2) is 4.98 Å². The lowest BCUT2D eigenvalue weighted by molar-refractivity contribution is 0.941. The zero-order chi connectivity index (χ0) is 12.3. The summed E-state index contributed by atoms with van der Waals surface area (Å²) in [5.41, 5.74) is 3.99. The summed E-state index contributed by atoms with van der Waals surface area (Å²) >= 11 is 1.68. The second kappa shape index (κ2) is 5.36. The number of aromatic amines is 1. The number of rotatable bonds is 4. The van der Waals surface area contributed by atoms with Crippen molar-refractivity contribution in [1.82, 2.24) is 15.2 Å². The third kappa shape index (κ3) is 3.09. The van der Waals surface area contributed by atoms with E-state index in [0.717, 1.165) is 23.2 Å². The van der Waals surface area contributed by atoms with Gasteiger partial charge in [-0.1, -0.05) is 42.4 Å². The molecule has 2 rings (SSSR count). The minimum Gasteiger partial charge on any atom is -0.262 e. The fourth-order valence-corrected chi connectivity index (χ4v) is 2.48. The van der Waals surface area contributed by atoms with Crippen molar-refractivity contribution in [2.45, 2.75) is 38.1 Å². The molecule has 0 aliphatic heterocycles. The number of thioether (sulfide) groups is 1. The first kappa shape index (κ1) is 12.2. The van der Waals surface area contributed by atoms with E-state index in [9.17, 15) is 0 Å². The van der Waals surface area contributed by atoms with Gasteiger partial charge in [0.15, 0.2) is 0 Å². The maximum Gasteiger partial charge on any atom is 0.208 e. The first-order valence-electron chi connectivity index (χ1n) is 5.79. The maximum absolute atomic E-state index is 4.39. The molecule has 1 N–H and O–H groups in total. The Hall–Kier alpha value is -1.29. The van der Waals surface area contributed by atoms with E-state index in [-0.39, 0.29) is 0 Å². The molecule has 0 spiro atoms.